The molecule has 6 N–H and O–H groups in total. The van der Waals surface area contributed by atoms with Gasteiger partial charge in [-0.2, -0.15) is 0 Å². The van der Waals surface area contributed by atoms with Crippen molar-refractivity contribution in [3.8, 4) is 0 Å². The molecule has 1 aliphatic heterocycles. The molecule has 1 saturated heterocycles. The van der Waals surface area contributed by atoms with E-state index in [9.17, 15) is 30.3 Å². The summed E-state index contributed by atoms with van der Waals surface area (Å²) in [5.41, 5.74) is 0. The molecule has 0 bridgehead atoms. The number of allylic oxidation sites excluding steroid dienone is 8. The van der Waals surface area contributed by atoms with Crippen molar-refractivity contribution in [3.05, 3.63) is 48.6 Å². The van der Waals surface area contributed by atoms with Gasteiger partial charge in [0.15, 0.2) is 6.29 Å². The van der Waals surface area contributed by atoms with Crippen LogP contribution in [0.2, 0.25) is 0 Å². The molecule has 7 unspecified atom stereocenters. The van der Waals surface area contributed by atoms with Crippen molar-refractivity contribution in [2.24, 2.45) is 0 Å². The molecule has 1 aliphatic rings. The van der Waals surface area contributed by atoms with E-state index in [-0.39, 0.29) is 12.5 Å². The van der Waals surface area contributed by atoms with Gasteiger partial charge in [0.1, 0.15) is 24.4 Å². The topological polar surface area (TPSA) is 149 Å². The third-order valence-electron chi connectivity index (χ3n) is 15.7. The lowest BCUT2D eigenvalue weighted by Gasteiger charge is -2.40. The number of aliphatic hydroxyl groups is 5. The molecule has 0 aromatic heterocycles. The summed E-state index contributed by atoms with van der Waals surface area (Å²) in [6.07, 6.45) is 68.7. The molecule has 0 aromatic rings. The highest BCUT2D eigenvalue weighted by molar-refractivity contribution is 5.76. The second kappa shape index (κ2) is 56.4. The highest BCUT2D eigenvalue weighted by Crippen LogP contribution is 2.24. The predicted molar refractivity (Wildman–Crippen MR) is 323 cm³/mol. The number of unbranched alkanes of at least 4 members (excludes halogenated alkanes) is 39. The van der Waals surface area contributed by atoms with Crippen molar-refractivity contribution in [2.45, 2.75) is 358 Å². The molecular formula is C67H125NO8. The first kappa shape index (κ1) is 72.2. The summed E-state index contributed by atoms with van der Waals surface area (Å²) in [7, 11) is 0. The SMILES string of the molecule is CC/C=C\C/C=C\C/C=C\C/C=C\CCCCCCCCCCCCCCCCCCC(=O)NC(COC1OC(CO)C(O)C(O)C1O)C(O)CCCCCCCCCCCCCCCCCCCCCCCCCC. The summed E-state index contributed by atoms with van der Waals surface area (Å²) >= 11 is 0. The van der Waals surface area contributed by atoms with Gasteiger partial charge in [-0.1, -0.05) is 306 Å². The molecule has 1 rings (SSSR count). The van der Waals surface area contributed by atoms with Crippen LogP contribution in [0.25, 0.3) is 0 Å². The van der Waals surface area contributed by atoms with Gasteiger partial charge in [-0.05, 0) is 51.4 Å². The van der Waals surface area contributed by atoms with Crippen LogP contribution in [0.15, 0.2) is 48.6 Å². The summed E-state index contributed by atoms with van der Waals surface area (Å²) in [4.78, 5) is 13.1. The first-order valence-electron chi connectivity index (χ1n) is 32.8. The number of carbonyl (C=O) groups is 1. The van der Waals surface area contributed by atoms with Gasteiger partial charge in [-0.3, -0.25) is 4.79 Å². The standard InChI is InChI=1S/C67H125NO8/c1-3-5-7-9-11-13-15-17-19-21-23-25-27-29-30-31-32-33-35-37-39-41-43-45-47-49-51-53-55-57-63(71)68-60(59-75-67-66(74)65(73)64(72)62(58-69)76-67)61(70)56-54-52-50-48-46-44-42-40-38-36-34-28-26-24-22-20-18-16-14-12-10-8-6-4-2/h5,7,11,13,17,19,23,25,60-62,64-67,69-70,72-74H,3-4,6,8-10,12,14-16,18,20-22,24,26-59H2,1-2H3,(H,68,71)/b7-5-,13-11-,19-17-,25-23-. The first-order valence-corrected chi connectivity index (χ1v) is 32.8. The normalized spacial score (nSPS) is 19.1. The Balaban J connectivity index is 2.14. The van der Waals surface area contributed by atoms with Crippen LogP contribution in [0.3, 0.4) is 0 Å². The van der Waals surface area contributed by atoms with E-state index in [1.54, 1.807) is 0 Å². The van der Waals surface area contributed by atoms with E-state index in [0.717, 1.165) is 64.2 Å². The molecule has 446 valence electrons. The maximum atomic E-state index is 13.1. The Morgan fingerprint density at radius 2 is 0.816 bits per heavy atom. The van der Waals surface area contributed by atoms with Gasteiger partial charge < -0.3 is 40.3 Å². The fourth-order valence-corrected chi connectivity index (χ4v) is 10.6. The van der Waals surface area contributed by atoms with E-state index in [1.165, 1.54) is 225 Å². The fraction of sp³-hybridized carbons (Fsp3) is 0.866. The molecule has 0 saturated carbocycles. The van der Waals surface area contributed by atoms with Crippen LogP contribution in [0, 0.1) is 0 Å². The second-order valence-electron chi connectivity index (χ2n) is 22.9. The van der Waals surface area contributed by atoms with Crippen LogP contribution in [-0.4, -0.2) is 87.5 Å². The number of amides is 1. The zero-order valence-electron chi connectivity index (χ0n) is 49.8. The van der Waals surface area contributed by atoms with Crippen molar-refractivity contribution in [1.82, 2.24) is 5.32 Å². The van der Waals surface area contributed by atoms with E-state index in [4.69, 9.17) is 9.47 Å². The molecule has 1 heterocycles. The Kier molecular flexibility index (Phi) is 53.6. The van der Waals surface area contributed by atoms with Gasteiger partial charge in [0, 0.05) is 6.42 Å². The van der Waals surface area contributed by atoms with E-state index in [1.807, 2.05) is 0 Å². The molecule has 0 aromatic carbocycles. The summed E-state index contributed by atoms with van der Waals surface area (Å²) < 4.78 is 11.4. The van der Waals surface area contributed by atoms with Crippen LogP contribution in [0.4, 0.5) is 0 Å². The van der Waals surface area contributed by atoms with Crippen molar-refractivity contribution in [1.29, 1.82) is 0 Å². The number of hydrogen-bond acceptors (Lipinski definition) is 8. The zero-order valence-corrected chi connectivity index (χ0v) is 49.8. The molecule has 0 spiro atoms. The fourth-order valence-electron chi connectivity index (χ4n) is 10.6. The molecule has 9 heteroatoms. The molecule has 9 nitrogen and oxygen atoms in total. The number of hydrogen-bond donors (Lipinski definition) is 6. The Bertz CT molecular complexity index is 1340. The third kappa shape index (κ3) is 44.9. The molecule has 1 fully saturated rings. The number of rotatable bonds is 57. The van der Waals surface area contributed by atoms with Crippen molar-refractivity contribution in [2.75, 3.05) is 13.2 Å². The van der Waals surface area contributed by atoms with Gasteiger partial charge in [-0.15, -0.1) is 0 Å². The average Bonchev–Trinajstić information content (AvgIpc) is 3.42. The number of aliphatic hydroxyl groups excluding tert-OH is 5. The Morgan fingerprint density at radius 1 is 0.461 bits per heavy atom. The predicted octanol–water partition coefficient (Wildman–Crippen LogP) is 17.2. The van der Waals surface area contributed by atoms with Crippen molar-refractivity contribution in [3.63, 3.8) is 0 Å². The summed E-state index contributed by atoms with van der Waals surface area (Å²) in [6.45, 7) is 3.77. The van der Waals surface area contributed by atoms with Gasteiger partial charge in [0.25, 0.3) is 0 Å². The molecular weight excluding hydrogens is 947 g/mol. The molecule has 0 radical (unpaired) electrons. The molecule has 7 atom stereocenters. The minimum atomic E-state index is -1.55. The zero-order chi connectivity index (χ0) is 55.0. The lowest BCUT2D eigenvalue weighted by Crippen LogP contribution is -2.60. The minimum Gasteiger partial charge on any atom is -0.394 e. The van der Waals surface area contributed by atoms with Crippen molar-refractivity contribution < 1.29 is 39.8 Å². The van der Waals surface area contributed by atoms with Gasteiger partial charge in [0.2, 0.25) is 5.91 Å². The number of ether oxygens (including phenoxy) is 2. The van der Waals surface area contributed by atoms with Crippen LogP contribution < -0.4 is 5.32 Å². The maximum Gasteiger partial charge on any atom is 0.220 e. The van der Waals surface area contributed by atoms with E-state index >= 15 is 0 Å². The summed E-state index contributed by atoms with van der Waals surface area (Å²) in [6, 6.07) is -0.721. The average molecular weight is 1070 g/mol. The van der Waals surface area contributed by atoms with E-state index in [2.05, 4.69) is 67.8 Å². The van der Waals surface area contributed by atoms with Gasteiger partial charge in [0.05, 0.1) is 25.4 Å². The van der Waals surface area contributed by atoms with Gasteiger partial charge >= 0.3 is 0 Å². The maximum absolute atomic E-state index is 13.1. The lowest BCUT2D eigenvalue weighted by atomic mass is 9.99. The van der Waals surface area contributed by atoms with Crippen LogP contribution in [0.5, 0.6) is 0 Å². The molecule has 1 amide bonds. The van der Waals surface area contributed by atoms with E-state index in [0.29, 0.717) is 12.8 Å². The van der Waals surface area contributed by atoms with Crippen LogP contribution >= 0.6 is 0 Å². The number of nitrogens with one attached hydrogen (secondary N) is 1. The number of carbonyl (C=O) groups excluding carboxylic acids is 1. The Labute approximate surface area is 469 Å². The van der Waals surface area contributed by atoms with Crippen LogP contribution in [-0.2, 0) is 14.3 Å². The Hall–Kier alpha value is -1.85. The summed E-state index contributed by atoms with van der Waals surface area (Å²) in [5, 5.41) is 54.9. The quantitative estimate of drug-likeness (QED) is 0.0261. The minimum absolute atomic E-state index is 0.136. The summed E-state index contributed by atoms with van der Waals surface area (Å²) in [5.74, 6) is -0.140. The lowest BCUT2D eigenvalue weighted by molar-refractivity contribution is -0.302. The highest BCUT2D eigenvalue weighted by Gasteiger charge is 2.44. The third-order valence-corrected chi connectivity index (χ3v) is 15.7. The van der Waals surface area contributed by atoms with E-state index < -0.39 is 49.5 Å². The first-order chi connectivity index (χ1) is 37.3. The molecule has 76 heavy (non-hydrogen) atoms. The largest absolute Gasteiger partial charge is 0.394 e. The Morgan fingerprint density at radius 3 is 1.21 bits per heavy atom. The smallest absolute Gasteiger partial charge is 0.220 e. The van der Waals surface area contributed by atoms with Gasteiger partial charge in [-0.25, -0.2) is 0 Å². The van der Waals surface area contributed by atoms with Crippen molar-refractivity contribution >= 4 is 5.91 Å². The second-order valence-corrected chi connectivity index (χ2v) is 22.9. The monoisotopic (exact) mass is 1070 g/mol. The van der Waals surface area contributed by atoms with Crippen LogP contribution in [0.1, 0.15) is 316 Å². The molecule has 0 aliphatic carbocycles. The highest BCUT2D eigenvalue weighted by atomic mass is 16.7.